The molecule has 0 N–H and O–H groups in total. The third kappa shape index (κ3) is 2.89. The SMILES string of the molecule is CO/N=C(\C#N)C(=O)N=C=O. The van der Waals surface area contributed by atoms with Gasteiger partial charge >= 0.3 is 5.91 Å². The van der Waals surface area contributed by atoms with E-state index in [1.54, 1.807) is 0 Å². The molecule has 6 heteroatoms. The smallest absolute Gasteiger partial charge is 0.320 e. The summed E-state index contributed by atoms with van der Waals surface area (Å²) in [4.78, 5) is 26.8. The Kier molecular flexibility index (Phi) is 3.97. The van der Waals surface area contributed by atoms with Gasteiger partial charge in [-0.3, -0.25) is 4.79 Å². The van der Waals surface area contributed by atoms with Gasteiger partial charge in [-0.05, 0) is 0 Å². The van der Waals surface area contributed by atoms with Gasteiger partial charge in [0.1, 0.15) is 13.2 Å². The normalized spacial score (nSPS) is 9.27. The van der Waals surface area contributed by atoms with E-state index >= 15 is 0 Å². The zero-order chi connectivity index (χ0) is 8.69. The predicted octanol–water partition coefficient (Wildman–Crippen LogP) is -0.625. The Morgan fingerprint density at radius 3 is 2.64 bits per heavy atom. The van der Waals surface area contributed by atoms with Gasteiger partial charge in [-0.2, -0.15) is 5.26 Å². The number of carbonyl (C=O) groups is 1. The topological polar surface area (TPSA) is 91.9 Å². The predicted molar refractivity (Wildman–Crippen MR) is 33.2 cm³/mol. The third-order valence-electron chi connectivity index (χ3n) is 0.638. The second-order valence-electron chi connectivity index (χ2n) is 1.24. The summed E-state index contributed by atoms with van der Waals surface area (Å²) in [6.07, 6.45) is 0.979. The Bertz CT molecular complexity index is 269. The molecule has 0 radical (unpaired) electrons. The molecule has 0 heterocycles. The molecule has 0 aliphatic heterocycles. The summed E-state index contributed by atoms with van der Waals surface area (Å²) < 4.78 is 0. The van der Waals surface area contributed by atoms with Crippen LogP contribution < -0.4 is 0 Å². The molecule has 0 saturated carbocycles. The molecule has 0 unspecified atom stereocenters. The van der Waals surface area contributed by atoms with Gasteiger partial charge in [0.2, 0.25) is 11.8 Å². The number of carbonyl (C=O) groups excluding carboxylic acids is 2. The minimum atomic E-state index is -1.07. The van der Waals surface area contributed by atoms with Gasteiger partial charge in [0, 0.05) is 0 Å². The summed E-state index contributed by atoms with van der Waals surface area (Å²) in [6.45, 7) is 0. The van der Waals surface area contributed by atoms with Gasteiger partial charge in [-0.15, -0.1) is 4.99 Å². The van der Waals surface area contributed by atoms with Crippen molar-refractivity contribution in [3.63, 3.8) is 0 Å². The van der Waals surface area contributed by atoms with E-state index in [2.05, 4.69) is 15.0 Å². The first kappa shape index (κ1) is 9.01. The summed E-state index contributed by atoms with van der Waals surface area (Å²) in [6, 6.07) is 1.39. The fraction of sp³-hybridized carbons (Fsp3) is 0.200. The van der Waals surface area contributed by atoms with E-state index in [4.69, 9.17) is 5.26 Å². The molecule has 0 fully saturated rings. The molecule has 0 aliphatic rings. The van der Waals surface area contributed by atoms with Crippen molar-refractivity contribution in [2.24, 2.45) is 10.1 Å². The molecule has 11 heavy (non-hydrogen) atoms. The highest BCUT2D eigenvalue weighted by molar-refractivity contribution is 6.45. The quantitative estimate of drug-likeness (QED) is 0.300. The number of amides is 1. The van der Waals surface area contributed by atoms with Crippen LogP contribution in [0.25, 0.3) is 0 Å². The molecular weight excluding hydrogens is 150 g/mol. The van der Waals surface area contributed by atoms with Crippen molar-refractivity contribution in [3.8, 4) is 6.07 Å². The van der Waals surface area contributed by atoms with Crippen LogP contribution in [0.2, 0.25) is 0 Å². The van der Waals surface area contributed by atoms with E-state index in [0.29, 0.717) is 0 Å². The van der Waals surface area contributed by atoms with Crippen LogP contribution >= 0.6 is 0 Å². The molecule has 0 bridgehead atoms. The number of aliphatic imine (C=N–C) groups is 1. The fourth-order valence-electron chi connectivity index (χ4n) is 0.293. The molecule has 0 aliphatic carbocycles. The maximum Gasteiger partial charge on any atom is 0.320 e. The van der Waals surface area contributed by atoms with Crippen molar-refractivity contribution in [2.75, 3.05) is 7.11 Å². The Labute approximate surface area is 61.8 Å². The number of nitrogens with zero attached hydrogens (tertiary/aromatic N) is 3. The maximum absolute atomic E-state index is 10.5. The Hall–Kier alpha value is -1.99. The van der Waals surface area contributed by atoms with Crippen molar-refractivity contribution in [1.29, 1.82) is 5.26 Å². The zero-order valence-corrected chi connectivity index (χ0v) is 5.57. The Balaban J connectivity index is 4.55. The molecule has 0 saturated heterocycles. The number of hydrogen-bond donors (Lipinski definition) is 0. The average Bonchev–Trinajstić information content (AvgIpc) is 2.00. The second-order valence-corrected chi connectivity index (χ2v) is 1.24. The highest BCUT2D eigenvalue weighted by atomic mass is 16.6. The van der Waals surface area contributed by atoms with E-state index in [1.165, 1.54) is 6.07 Å². The maximum atomic E-state index is 10.5. The highest BCUT2D eigenvalue weighted by Crippen LogP contribution is 1.81. The number of oxime groups is 1. The molecule has 0 aromatic rings. The van der Waals surface area contributed by atoms with Crippen molar-refractivity contribution in [2.45, 2.75) is 0 Å². The second kappa shape index (κ2) is 4.85. The number of isocyanates is 1. The van der Waals surface area contributed by atoms with Crippen molar-refractivity contribution in [3.05, 3.63) is 0 Å². The first-order valence-corrected chi connectivity index (χ1v) is 2.39. The lowest BCUT2D eigenvalue weighted by Gasteiger charge is -1.85. The lowest BCUT2D eigenvalue weighted by atomic mass is 10.4. The molecule has 0 atom stereocenters. The van der Waals surface area contributed by atoms with E-state index in [0.717, 1.165) is 13.2 Å². The molecule has 0 spiro atoms. The fourth-order valence-corrected chi connectivity index (χ4v) is 0.293. The van der Waals surface area contributed by atoms with Gasteiger partial charge in [-0.25, -0.2) is 4.79 Å². The summed E-state index contributed by atoms with van der Waals surface area (Å²) in [5, 5.41) is 11.2. The van der Waals surface area contributed by atoms with E-state index in [1.807, 2.05) is 0 Å². The van der Waals surface area contributed by atoms with Crippen LogP contribution in [0.3, 0.4) is 0 Å². The van der Waals surface area contributed by atoms with Crippen LogP contribution in [-0.4, -0.2) is 24.8 Å². The Morgan fingerprint density at radius 2 is 2.27 bits per heavy atom. The first-order chi connectivity index (χ1) is 5.26. The average molecular weight is 153 g/mol. The lowest BCUT2D eigenvalue weighted by Crippen LogP contribution is -2.08. The van der Waals surface area contributed by atoms with Crippen molar-refractivity contribution in [1.82, 2.24) is 0 Å². The van der Waals surface area contributed by atoms with Crippen LogP contribution in [0.15, 0.2) is 10.1 Å². The standard InChI is InChI=1S/C5H3N3O3/c1-11-8-4(2-6)5(10)7-3-9/h1H3/b8-4+. The van der Waals surface area contributed by atoms with Crippen molar-refractivity contribution < 1.29 is 14.4 Å². The minimum Gasteiger partial charge on any atom is -0.398 e. The first-order valence-electron chi connectivity index (χ1n) is 2.39. The molecule has 6 nitrogen and oxygen atoms in total. The van der Waals surface area contributed by atoms with Gasteiger partial charge in [0.15, 0.2) is 0 Å². The number of nitriles is 1. The minimum absolute atomic E-state index is 0.587. The summed E-state index contributed by atoms with van der Waals surface area (Å²) in [5.74, 6) is -1.07. The molecule has 56 valence electrons. The molecular formula is C5H3N3O3. The monoisotopic (exact) mass is 153 g/mol. The summed E-state index contributed by atoms with van der Waals surface area (Å²) >= 11 is 0. The van der Waals surface area contributed by atoms with E-state index < -0.39 is 11.6 Å². The third-order valence-corrected chi connectivity index (χ3v) is 0.638. The van der Waals surface area contributed by atoms with Crippen LogP contribution in [0.1, 0.15) is 0 Å². The largest absolute Gasteiger partial charge is 0.398 e. The zero-order valence-electron chi connectivity index (χ0n) is 5.57. The van der Waals surface area contributed by atoms with E-state index in [-0.39, 0.29) is 0 Å². The van der Waals surface area contributed by atoms with E-state index in [9.17, 15) is 9.59 Å². The van der Waals surface area contributed by atoms with Gasteiger partial charge < -0.3 is 4.84 Å². The molecule has 0 aromatic heterocycles. The van der Waals surface area contributed by atoms with Gasteiger partial charge in [0.05, 0.1) is 0 Å². The number of hydrogen-bond acceptors (Lipinski definition) is 5. The molecule has 0 rings (SSSR count). The molecule has 1 amide bonds. The van der Waals surface area contributed by atoms with Crippen LogP contribution in [-0.2, 0) is 14.4 Å². The summed E-state index contributed by atoms with van der Waals surface area (Å²) in [7, 11) is 1.16. The van der Waals surface area contributed by atoms with Gasteiger partial charge in [0.25, 0.3) is 0 Å². The lowest BCUT2D eigenvalue weighted by molar-refractivity contribution is -0.111. The molecule has 0 aromatic carbocycles. The highest BCUT2D eigenvalue weighted by Gasteiger charge is 2.09. The van der Waals surface area contributed by atoms with Crippen LogP contribution in [0.4, 0.5) is 0 Å². The Morgan fingerprint density at radius 1 is 1.64 bits per heavy atom. The van der Waals surface area contributed by atoms with Crippen molar-refractivity contribution >= 4 is 17.7 Å². The summed E-state index contributed by atoms with van der Waals surface area (Å²) in [5.41, 5.74) is -0.587. The number of rotatable bonds is 2. The van der Waals surface area contributed by atoms with Crippen LogP contribution in [0.5, 0.6) is 0 Å². The van der Waals surface area contributed by atoms with Crippen LogP contribution in [0, 0.1) is 11.3 Å². The van der Waals surface area contributed by atoms with Gasteiger partial charge in [-0.1, -0.05) is 5.16 Å².